The van der Waals surface area contributed by atoms with Gasteiger partial charge in [-0.1, -0.05) is 19.9 Å². The Labute approximate surface area is 150 Å². The van der Waals surface area contributed by atoms with Gasteiger partial charge in [-0.05, 0) is 18.9 Å². The fourth-order valence-corrected chi connectivity index (χ4v) is 2.06. The molecule has 1 atom stereocenters. The van der Waals surface area contributed by atoms with E-state index in [1.807, 2.05) is 19.1 Å². The van der Waals surface area contributed by atoms with E-state index in [0.717, 1.165) is 25.1 Å². The molecule has 0 N–H and O–H groups in total. The molecule has 1 rings (SSSR count). The number of rotatable bonds is 13. The van der Waals surface area contributed by atoms with Gasteiger partial charge in [0.2, 0.25) is 5.88 Å². The summed E-state index contributed by atoms with van der Waals surface area (Å²) in [7, 11) is 3.01. The number of hydrogen-bond donors (Lipinski definition) is 0. The second kappa shape index (κ2) is 12.6. The Morgan fingerprint density at radius 3 is 2.60 bits per heavy atom. The Hall–Kier alpha value is -1.70. The van der Waals surface area contributed by atoms with Gasteiger partial charge in [-0.25, -0.2) is 10.0 Å². The second-order valence-electron chi connectivity index (χ2n) is 5.51. The van der Waals surface area contributed by atoms with E-state index in [9.17, 15) is 4.79 Å². The van der Waals surface area contributed by atoms with E-state index < -0.39 is 6.10 Å². The van der Waals surface area contributed by atoms with Crippen molar-refractivity contribution >= 4 is 5.91 Å². The van der Waals surface area contributed by atoms with E-state index in [1.165, 1.54) is 12.2 Å². The smallest absolute Gasteiger partial charge is 0.275 e. The molecule has 0 aliphatic heterocycles. The molecule has 0 bridgehead atoms. The lowest BCUT2D eigenvalue weighted by atomic mass is 10.1. The third kappa shape index (κ3) is 8.29. The van der Waals surface area contributed by atoms with Crippen LogP contribution in [0.1, 0.15) is 32.4 Å². The maximum absolute atomic E-state index is 12.3. The molecule has 1 unspecified atom stereocenters. The molecule has 0 spiro atoms. The van der Waals surface area contributed by atoms with E-state index in [-0.39, 0.29) is 5.91 Å². The Kier molecular flexibility index (Phi) is 10.8. The highest BCUT2D eigenvalue weighted by Gasteiger charge is 2.24. The third-order valence-corrected chi connectivity index (χ3v) is 3.38. The summed E-state index contributed by atoms with van der Waals surface area (Å²) in [6.45, 7) is 6.25. The third-order valence-electron chi connectivity index (χ3n) is 3.38. The number of carbonyl (C=O) groups excluding carboxylic acids is 1. The van der Waals surface area contributed by atoms with Crippen LogP contribution in [-0.4, -0.2) is 62.6 Å². The van der Waals surface area contributed by atoms with Crippen LogP contribution in [0.3, 0.4) is 0 Å². The SMILES string of the molecule is CCCOCCOc1cccc(CC(OCCC)C(=O)N(C)OC)n1. The quantitative estimate of drug-likeness (QED) is 0.400. The Bertz CT molecular complexity index is 498. The molecule has 0 radical (unpaired) electrons. The first kappa shape index (κ1) is 21.3. The van der Waals surface area contributed by atoms with Crippen molar-refractivity contribution in [1.29, 1.82) is 0 Å². The molecule has 0 aliphatic carbocycles. The monoisotopic (exact) mass is 354 g/mol. The van der Waals surface area contributed by atoms with Crippen molar-refractivity contribution in [3.8, 4) is 5.88 Å². The molecule has 25 heavy (non-hydrogen) atoms. The van der Waals surface area contributed by atoms with Gasteiger partial charge in [-0.15, -0.1) is 0 Å². The Balaban J connectivity index is 2.64. The summed E-state index contributed by atoms with van der Waals surface area (Å²) in [5.74, 6) is 0.274. The number of aromatic nitrogens is 1. The number of nitrogens with zero attached hydrogens (tertiary/aromatic N) is 2. The zero-order valence-corrected chi connectivity index (χ0v) is 15.7. The number of amides is 1. The lowest BCUT2D eigenvalue weighted by molar-refractivity contribution is -0.181. The minimum absolute atomic E-state index is 0.239. The van der Waals surface area contributed by atoms with Gasteiger partial charge in [-0.2, -0.15) is 0 Å². The van der Waals surface area contributed by atoms with Gasteiger partial charge in [0.1, 0.15) is 12.7 Å². The molecule has 1 aromatic rings. The van der Waals surface area contributed by atoms with Gasteiger partial charge in [-0.3, -0.25) is 9.63 Å². The standard InChI is InChI=1S/C18H30N2O5/c1-5-10-23-12-13-25-17-9-7-8-15(19-17)14-16(24-11-6-2)18(21)20(3)22-4/h7-9,16H,5-6,10-14H2,1-4H3. The zero-order chi connectivity index (χ0) is 18.5. The molecule has 0 saturated heterocycles. The zero-order valence-electron chi connectivity index (χ0n) is 15.7. The number of carbonyl (C=O) groups is 1. The van der Waals surface area contributed by atoms with Crippen molar-refractivity contribution in [1.82, 2.24) is 10.0 Å². The van der Waals surface area contributed by atoms with Crippen LogP contribution in [0.2, 0.25) is 0 Å². The highest BCUT2D eigenvalue weighted by atomic mass is 16.7. The summed E-state index contributed by atoms with van der Waals surface area (Å²) in [4.78, 5) is 21.7. The number of hydroxylamine groups is 2. The minimum Gasteiger partial charge on any atom is -0.475 e. The van der Waals surface area contributed by atoms with Gasteiger partial charge in [0.25, 0.3) is 5.91 Å². The first-order valence-corrected chi connectivity index (χ1v) is 8.72. The van der Waals surface area contributed by atoms with Crippen LogP contribution in [0.4, 0.5) is 0 Å². The predicted octanol–water partition coefficient (Wildman–Crippen LogP) is 2.24. The van der Waals surface area contributed by atoms with E-state index in [1.54, 1.807) is 13.1 Å². The number of hydrogen-bond acceptors (Lipinski definition) is 6. The summed E-state index contributed by atoms with van der Waals surface area (Å²) < 4.78 is 16.6. The fraction of sp³-hybridized carbons (Fsp3) is 0.667. The summed E-state index contributed by atoms with van der Waals surface area (Å²) in [5, 5.41) is 1.17. The average molecular weight is 354 g/mol. The molecule has 1 amide bonds. The summed E-state index contributed by atoms with van der Waals surface area (Å²) in [6, 6.07) is 5.49. The first-order chi connectivity index (χ1) is 12.1. The van der Waals surface area contributed by atoms with Crippen LogP contribution in [0.15, 0.2) is 18.2 Å². The highest BCUT2D eigenvalue weighted by molar-refractivity contribution is 5.80. The molecule has 0 saturated carbocycles. The minimum atomic E-state index is -0.638. The van der Waals surface area contributed by atoms with Crippen molar-refractivity contribution in [2.45, 2.75) is 39.2 Å². The van der Waals surface area contributed by atoms with Crippen molar-refractivity contribution in [3.05, 3.63) is 23.9 Å². The normalized spacial score (nSPS) is 12.0. The average Bonchev–Trinajstić information content (AvgIpc) is 2.64. The maximum atomic E-state index is 12.3. The molecule has 7 heteroatoms. The first-order valence-electron chi connectivity index (χ1n) is 8.72. The van der Waals surface area contributed by atoms with E-state index in [2.05, 4.69) is 11.9 Å². The molecule has 0 fully saturated rings. The second-order valence-corrected chi connectivity index (χ2v) is 5.51. The molecule has 0 aliphatic rings. The molecule has 0 aromatic carbocycles. The van der Waals surface area contributed by atoms with Crippen LogP contribution in [-0.2, 0) is 25.5 Å². The molecule has 1 heterocycles. The maximum Gasteiger partial charge on any atom is 0.275 e. The van der Waals surface area contributed by atoms with Gasteiger partial charge in [0.15, 0.2) is 0 Å². The number of pyridine rings is 1. The molecule has 7 nitrogen and oxygen atoms in total. The predicted molar refractivity (Wildman–Crippen MR) is 94.4 cm³/mol. The Morgan fingerprint density at radius 2 is 1.92 bits per heavy atom. The highest BCUT2D eigenvalue weighted by Crippen LogP contribution is 2.12. The fourth-order valence-electron chi connectivity index (χ4n) is 2.06. The lowest BCUT2D eigenvalue weighted by Crippen LogP contribution is -2.39. The van der Waals surface area contributed by atoms with E-state index in [0.29, 0.717) is 32.1 Å². The van der Waals surface area contributed by atoms with Gasteiger partial charge in [0, 0.05) is 38.4 Å². The molecule has 1 aromatic heterocycles. The molecular weight excluding hydrogens is 324 g/mol. The van der Waals surface area contributed by atoms with E-state index in [4.69, 9.17) is 19.0 Å². The van der Waals surface area contributed by atoms with Crippen LogP contribution >= 0.6 is 0 Å². The van der Waals surface area contributed by atoms with Crippen LogP contribution in [0, 0.1) is 0 Å². The van der Waals surface area contributed by atoms with E-state index >= 15 is 0 Å². The van der Waals surface area contributed by atoms with Gasteiger partial charge in [0.05, 0.1) is 13.7 Å². The van der Waals surface area contributed by atoms with Crippen LogP contribution in [0.25, 0.3) is 0 Å². The summed E-state index contributed by atoms with van der Waals surface area (Å²) in [6.07, 6.45) is 1.53. The lowest BCUT2D eigenvalue weighted by Gasteiger charge is -2.22. The largest absolute Gasteiger partial charge is 0.475 e. The Morgan fingerprint density at radius 1 is 1.16 bits per heavy atom. The van der Waals surface area contributed by atoms with Crippen LogP contribution in [0.5, 0.6) is 5.88 Å². The van der Waals surface area contributed by atoms with Crippen molar-refractivity contribution in [2.24, 2.45) is 0 Å². The van der Waals surface area contributed by atoms with Gasteiger partial charge >= 0.3 is 0 Å². The number of likely N-dealkylation sites (N-methyl/N-ethyl adjacent to an activating group) is 1. The summed E-state index contributed by atoms with van der Waals surface area (Å²) >= 11 is 0. The van der Waals surface area contributed by atoms with Crippen molar-refractivity contribution < 1.29 is 23.8 Å². The van der Waals surface area contributed by atoms with Gasteiger partial charge < -0.3 is 14.2 Å². The topological polar surface area (TPSA) is 70.1 Å². The number of ether oxygens (including phenoxy) is 3. The van der Waals surface area contributed by atoms with Crippen LogP contribution < -0.4 is 4.74 Å². The molecular formula is C18H30N2O5. The van der Waals surface area contributed by atoms with Crippen molar-refractivity contribution in [2.75, 3.05) is 40.6 Å². The molecule has 142 valence electrons. The van der Waals surface area contributed by atoms with Crippen molar-refractivity contribution in [3.63, 3.8) is 0 Å². The summed E-state index contributed by atoms with van der Waals surface area (Å²) in [5.41, 5.74) is 0.728.